The van der Waals surface area contributed by atoms with E-state index in [1.54, 1.807) is 42.5 Å². The lowest BCUT2D eigenvalue weighted by Crippen LogP contribution is -2.13. The molecule has 0 aliphatic heterocycles. The molecule has 1 N–H and O–H groups in total. The second kappa shape index (κ2) is 11.8. The Hall–Kier alpha value is -1.64. The van der Waals surface area contributed by atoms with E-state index in [1.807, 2.05) is 0 Å². The van der Waals surface area contributed by atoms with E-state index in [9.17, 15) is 4.79 Å². The first-order chi connectivity index (χ1) is 11.5. The normalized spacial score (nSPS) is 9.00. The number of ether oxygens (including phenoxy) is 1. The highest BCUT2D eigenvalue weighted by Crippen LogP contribution is 2.14. The van der Waals surface area contributed by atoms with Crippen molar-refractivity contribution >= 4 is 58.2 Å². The fourth-order valence-corrected chi connectivity index (χ4v) is 1.96. The number of aromatic nitrogens is 1. The van der Waals surface area contributed by atoms with Crippen LogP contribution in [0.2, 0.25) is 15.3 Å². The van der Waals surface area contributed by atoms with Gasteiger partial charge in [0.1, 0.15) is 10.3 Å². The van der Waals surface area contributed by atoms with Crippen molar-refractivity contribution in [2.24, 2.45) is 0 Å². The molecule has 126 valence electrons. The van der Waals surface area contributed by atoms with Gasteiger partial charge in [-0.05, 0) is 30.3 Å². The number of nitrogens with zero attached hydrogens (tertiary/aromatic N) is 1. The molecule has 0 radical (unpaired) electrons. The van der Waals surface area contributed by atoms with Gasteiger partial charge in [-0.1, -0.05) is 58.8 Å². The van der Waals surface area contributed by atoms with Gasteiger partial charge in [0.25, 0.3) is 0 Å². The van der Waals surface area contributed by atoms with E-state index in [-0.39, 0.29) is 12.5 Å². The average molecular weight is 406 g/mol. The molecule has 0 saturated heterocycles. The van der Waals surface area contributed by atoms with Crippen LogP contribution in [-0.4, -0.2) is 23.6 Å². The van der Waals surface area contributed by atoms with E-state index in [1.165, 1.54) is 0 Å². The number of benzene rings is 1. The molecule has 0 bridgehead atoms. The number of hydrogen-bond donors (Lipinski definition) is 1. The number of hydrogen-bond acceptors (Lipinski definition) is 3. The summed E-state index contributed by atoms with van der Waals surface area (Å²) in [5.74, 6) is 5.36. The van der Waals surface area contributed by atoms with Crippen molar-refractivity contribution in [3.8, 4) is 11.8 Å². The summed E-state index contributed by atoms with van der Waals surface area (Å²) >= 11 is 22.0. The van der Waals surface area contributed by atoms with Crippen LogP contribution in [0.3, 0.4) is 0 Å². The lowest BCUT2D eigenvalue weighted by atomic mass is 10.3. The zero-order chi connectivity index (χ0) is 17.8. The van der Waals surface area contributed by atoms with Crippen LogP contribution in [0.25, 0.3) is 0 Å². The van der Waals surface area contributed by atoms with E-state index in [0.29, 0.717) is 21.0 Å². The SMILES string of the molecule is Clc1cccc(Cl)n1.O=C(Nc1cccc(Cl)c1)OCC#CCCl. The van der Waals surface area contributed by atoms with Crippen LogP contribution in [-0.2, 0) is 4.74 Å². The summed E-state index contributed by atoms with van der Waals surface area (Å²) in [6, 6.07) is 11.9. The largest absolute Gasteiger partial charge is 0.436 e. The topological polar surface area (TPSA) is 51.2 Å². The van der Waals surface area contributed by atoms with Crippen LogP contribution >= 0.6 is 46.4 Å². The fourth-order valence-electron chi connectivity index (χ4n) is 1.30. The van der Waals surface area contributed by atoms with Gasteiger partial charge >= 0.3 is 6.09 Å². The maximum atomic E-state index is 11.2. The molecule has 0 aliphatic carbocycles. The second-order valence-corrected chi connectivity index (χ2v) is 5.46. The molecule has 2 aromatic rings. The van der Waals surface area contributed by atoms with Gasteiger partial charge in [-0.2, -0.15) is 0 Å². The van der Waals surface area contributed by atoms with E-state index < -0.39 is 6.09 Å². The smallest absolute Gasteiger partial charge is 0.412 e. The quantitative estimate of drug-likeness (QED) is 0.406. The van der Waals surface area contributed by atoms with Crippen molar-refractivity contribution in [2.45, 2.75) is 0 Å². The number of rotatable bonds is 2. The maximum Gasteiger partial charge on any atom is 0.412 e. The Balaban J connectivity index is 0.000000300. The first-order valence-electron chi connectivity index (χ1n) is 6.50. The first-order valence-corrected chi connectivity index (χ1v) is 8.17. The Morgan fingerprint density at radius 3 is 2.29 bits per heavy atom. The van der Waals surface area contributed by atoms with Crippen molar-refractivity contribution < 1.29 is 9.53 Å². The molecule has 1 heterocycles. The molecule has 2 rings (SSSR count). The molecule has 1 amide bonds. The van der Waals surface area contributed by atoms with Gasteiger partial charge in [0, 0.05) is 10.7 Å². The molecule has 0 unspecified atom stereocenters. The number of pyridine rings is 1. The molecular weight excluding hydrogens is 394 g/mol. The van der Waals surface area contributed by atoms with Crippen LogP contribution < -0.4 is 5.32 Å². The third kappa shape index (κ3) is 9.49. The summed E-state index contributed by atoms with van der Waals surface area (Å²) in [6.45, 7) is 0.0130. The predicted molar refractivity (Wildman–Crippen MR) is 99.2 cm³/mol. The van der Waals surface area contributed by atoms with Crippen molar-refractivity contribution in [1.82, 2.24) is 4.98 Å². The van der Waals surface area contributed by atoms with Gasteiger partial charge in [0.2, 0.25) is 0 Å². The standard InChI is InChI=1S/C11H9Cl2NO2.C5H3Cl2N/c12-6-1-2-7-16-11(15)14-10-5-3-4-9(13)8-10;6-4-2-1-3-5(7)8-4/h3-5,8H,6-7H2,(H,14,15);1-3H. The molecule has 0 fully saturated rings. The Bertz CT molecular complexity index is 712. The molecule has 24 heavy (non-hydrogen) atoms. The van der Waals surface area contributed by atoms with Crippen molar-refractivity contribution in [3.63, 3.8) is 0 Å². The second-order valence-electron chi connectivity index (χ2n) is 3.98. The number of alkyl halides is 1. The Morgan fingerprint density at radius 2 is 1.75 bits per heavy atom. The molecule has 1 aromatic heterocycles. The minimum Gasteiger partial charge on any atom is -0.436 e. The van der Waals surface area contributed by atoms with Gasteiger partial charge in [-0.25, -0.2) is 9.78 Å². The minimum atomic E-state index is -0.578. The summed E-state index contributed by atoms with van der Waals surface area (Å²) < 4.78 is 4.76. The molecule has 0 saturated carbocycles. The molecule has 1 aromatic carbocycles. The van der Waals surface area contributed by atoms with Crippen molar-refractivity contribution in [2.75, 3.05) is 17.8 Å². The number of carbonyl (C=O) groups excluding carboxylic acids is 1. The van der Waals surface area contributed by atoms with Crippen molar-refractivity contribution in [1.29, 1.82) is 0 Å². The van der Waals surface area contributed by atoms with Gasteiger partial charge < -0.3 is 4.74 Å². The van der Waals surface area contributed by atoms with E-state index in [4.69, 9.17) is 51.1 Å². The average Bonchev–Trinajstić information content (AvgIpc) is 2.52. The summed E-state index contributed by atoms with van der Waals surface area (Å²) in [7, 11) is 0. The predicted octanol–water partition coefficient (Wildman–Crippen LogP) is 5.52. The van der Waals surface area contributed by atoms with Gasteiger partial charge in [-0.3, -0.25) is 5.32 Å². The lowest BCUT2D eigenvalue weighted by Gasteiger charge is -2.04. The lowest BCUT2D eigenvalue weighted by molar-refractivity contribution is 0.176. The van der Waals surface area contributed by atoms with Gasteiger partial charge in [0.05, 0.1) is 5.88 Å². The van der Waals surface area contributed by atoms with Crippen LogP contribution in [0, 0.1) is 11.8 Å². The van der Waals surface area contributed by atoms with Crippen molar-refractivity contribution in [3.05, 3.63) is 57.8 Å². The van der Waals surface area contributed by atoms with Gasteiger partial charge in [-0.15, -0.1) is 11.6 Å². The summed E-state index contributed by atoms with van der Waals surface area (Å²) in [5, 5.41) is 3.91. The molecule has 0 spiro atoms. The molecular formula is C16H12Cl4N2O2. The van der Waals surface area contributed by atoms with E-state index in [0.717, 1.165) is 0 Å². The van der Waals surface area contributed by atoms with Crippen LogP contribution in [0.15, 0.2) is 42.5 Å². The Kier molecular flexibility index (Phi) is 10.1. The Labute approximate surface area is 160 Å². The van der Waals surface area contributed by atoms with E-state index in [2.05, 4.69) is 22.1 Å². The highest BCUT2D eigenvalue weighted by atomic mass is 35.5. The summed E-state index contributed by atoms with van der Waals surface area (Å²) in [6.07, 6.45) is -0.578. The minimum absolute atomic E-state index is 0.0130. The fraction of sp³-hybridized carbons (Fsp3) is 0.125. The molecule has 0 aliphatic rings. The monoisotopic (exact) mass is 404 g/mol. The highest BCUT2D eigenvalue weighted by molar-refractivity contribution is 6.32. The number of halogens is 4. The number of amides is 1. The highest BCUT2D eigenvalue weighted by Gasteiger charge is 2.01. The maximum absolute atomic E-state index is 11.2. The molecule has 8 heteroatoms. The molecule has 4 nitrogen and oxygen atoms in total. The van der Waals surface area contributed by atoms with Crippen LogP contribution in [0.4, 0.5) is 10.5 Å². The number of nitrogens with one attached hydrogen (secondary N) is 1. The van der Waals surface area contributed by atoms with Gasteiger partial charge in [0.15, 0.2) is 6.61 Å². The third-order valence-corrected chi connectivity index (χ3v) is 3.01. The summed E-state index contributed by atoms with van der Waals surface area (Å²) in [4.78, 5) is 14.9. The number of anilines is 1. The van der Waals surface area contributed by atoms with Crippen LogP contribution in [0.5, 0.6) is 0 Å². The first kappa shape index (κ1) is 20.4. The molecule has 0 atom stereocenters. The van der Waals surface area contributed by atoms with Crippen LogP contribution in [0.1, 0.15) is 0 Å². The zero-order valence-corrected chi connectivity index (χ0v) is 15.3. The zero-order valence-electron chi connectivity index (χ0n) is 12.2. The van der Waals surface area contributed by atoms with E-state index >= 15 is 0 Å². The Morgan fingerprint density at radius 1 is 1.08 bits per heavy atom. The number of carbonyl (C=O) groups is 1. The summed E-state index contributed by atoms with van der Waals surface area (Å²) in [5.41, 5.74) is 0.572. The third-order valence-electron chi connectivity index (χ3n) is 2.22.